The minimum Gasteiger partial charge on any atom is -0.478 e. The van der Waals surface area contributed by atoms with Crippen LogP contribution in [-0.4, -0.2) is 25.7 Å². The van der Waals surface area contributed by atoms with Gasteiger partial charge in [-0.3, -0.25) is 4.40 Å². The van der Waals surface area contributed by atoms with Crippen molar-refractivity contribution in [2.45, 2.75) is 0 Å². The molecule has 3 aromatic rings. The van der Waals surface area contributed by atoms with E-state index in [0.717, 1.165) is 5.56 Å². The lowest BCUT2D eigenvalue weighted by Crippen LogP contribution is -2.00. The number of rotatable bonds is 2. The molecule has 0 aliphatic rings. The molecular formula is C13H7Cl2N3O2. The molecule has 0 aliphatic heterocycles. The topological polar surface area (TPSA) is 67.5 Å². The fourth-order valence-corrected chi connectivity index (χ4v) is 2.33. The van der Waals surface area contributed by atoms with Gasteiger partial charge < -0.3 is 5.11 Å². The van der Waals surface area contributed by atoms with Crippen molar-refractivity contribution in [2.24, 2.45) is 0 Å². The second-order valence-electron chi connectivity index (χ2n) is 4.11. The van der Waals surface area contributed by atoms with Crippen molar-refractivity contribution in [1.29, 1.82) is 0 Å². The number of fused-ring (bicyclic) bond motifs is 1. The molecule has 3 rings (SSSR count). The second kappa shape index (κ2) is 4.77. The summed E-state index contributed by atoms with van der Waals surface area (Å²) < 4.78 is 1.54. The molecule has 0 saturated heterocycles. The molecule has 1 N–H and O–H groups in total. The van der Waals surface area contributed by atoms with E-state index in [2.05, 4.69) is 10.2 Å². The van der Waals surface area contributed by atoms with E-state index in [1.165, 1.54) is 16.7 Å². The number of carbonyl (C=O) groups is 1. The highest BCUT2D eigenvalue weighted by atomic mass is 35.5. The Morgan fingerprint density at radius 3 is 2.70 bits per heavy atom. The molecule has 20 heavy (non-hydrogen) atoms. The molecule has 0 fully saturated rings. The van der Waals surface area contributed by atoms with Crippen molar-refractivity contribution in [2.75, 3.05) is 0 Å². The number of halogens is 2. The Bertz CT molecular complexity index is 830. The summed E-state index contributed by atoms with van der Waals surface area (Å²) in [5, 5.41) is 17.9. The monoisotopic (exact) mass is 307 g/mol. The normalized spacial score (nSPS) is 10.9. The number of aromatic nitrogens is 3. The number of carboxylic acids is 1. The first-order valence-corrected chi connectivity index (χ1v) is 6.35. The van der Waals surface area contributed by atoms with Gasteiger partial charge in [-0.05, 0) is 18.2 Å². The highest BCUT2D eigenvalue weighted by Gasteiger charge is 2.14. The molecule has 0 radical (unpaired) electrons. The van der Waals surface area contributed by atoms with E-state index in [1.54, 1.807) is 18.2 Å². The van der Waals surface area contributed by atoms with Crippen LogP contribution in [0.3, 0.4) is 0 Å². The molecule has 0 bridgehead atoms. The lowest BCUT2D eigenvalue weighted by atomic mass is 10.2. The first-order valence-electron chi connectivity index (χ1n) is 5.60. The molecule has 0 spiro atoms. The van der Waals surface area contributed by atoms with E-state index < -0.39 is 5.97 Å². The Balaban J connectivity index is 2.29. The standard InChI is InChI=1S/C13H7Cl2N3O2/c14-9-3-1-2-7(4-9)11-16-17-12-10(15)5-8(13(19)20)6-18(11)12/h1-6H,(H,19,20). The number of hydrogen-bond donors (Lipinski definition) is 1. The Morgan fingerprint density at radius 1 is 1.20 bits per heavy atom. The van der Waals surface area contributed by atoms with Gasteiger partial charge in [0.2, 0.25) is 0 Å². The molecule has 0 aliphatic carbocycles. The van der Waals surface area contributed by atoms with Gasteiger partial charge in [0.25, 0.3) is 0 Å². The van der Waals surface area contributed by atoms with Gasteiger partial charge in [0.05, 0.1) is 10.6 Å². The summed E-state index contributed by atoms with van der Waals surface area (Å²) >= 11 is 12.0. The van der Waals surface area contributed by atoms with E-state index in [9.17, 15) is 4.79 Å². The van der Waals surface area contributed by atoms with Crippen LogP contribution in [0.5, 0.6) is 0 Å². The van der Waals surface area contributed by atoms with E-state index in [1.807, 2.05) is 6.07 Å². The zero-order valence-electron chi connectivity index (χ0n) is 9.92. The van der Waals surface area contributed by atoms with Gasteiger partial charge in [-0.15, -0.1) is 10.2 Å². The molecule has 2 aromatic heterocycles. The number of carboxylic acid groups (broad SMARTS) is 1. The molecule has 2 heterocycles. The molecule has 0 amide bonds. The van der Waals surface area contributed by atoms with Crippen LogP contribution in [0, 0.1) is 0 Å². The largest absolute Gasteiger partial charge is 0.478 e. The molecule has 100 valence electrons. The minimum absolute atomic E-state index is 0.0607. The van der Waals surface area contributed by atoms with Crippen molar-refractivity contribution < 1.29 is 9.90 Å². The molecule has 0 unspecified atom stereocenters. The Kier molecular flexibility index (Phi) is 3.08. The van der Waals surface area contributed by atoms with Crippen LogP contribution in [0.25, 0.3) is 17.0 Å². The van der Waals surface area contributed by atoms with E-state index in [4.69, 9.17) is 28.3 Å². The summed E-state index contributed by atoms with van der Waals surface area (Å²) in [6.45, 7) is 0. The van der Waals surface area contributed by atoms with Crippen molar-refractivity contribution in [3.63, 3.8) is 0 Å². The maximum absolute atomic E-state index is 11.1. The van der Waals surface area contributed by atoms with Crippen LogP contribution < -0.4 is 0 Å². The summed E-state index contributed by atoms with van der Waals surface area (Å²) in [7, 11) is 0. The lowest BCUT2D eigenvalue weighted by molar-refractivity contribution is 0.0696. The van der Waals surface area contributed by atoms with E-state index in [-0.39, 0.29) is 10.6 Å². The first kappa shape index (κ1) is 12.9. The van der Waals surface area contributed by atoms with Gasteiger partial charge in [-0.25, -0.2) is 4.79 Å². The SMILES string of the molecule is O=C(O)c1cc(Cl)c2nnc(-c3cccc(Cl)c3)n2c1. The highest BCUT2D eigenvalue weighted by Crippen LogP contribution is 2.25. The number of hydrogen-bond acceptors (Lipinski definition) is 3. The second-order valence-corrected chi connectivity index (χ2v) is 4.95. The van der Waals surface area contributed by atoms with E-state index >= 15 is 0 Å². The summed E-state index contributed by atoms with van der Waals surface area (Å²) in [4.78, 5) is 11.1. The third-order valence-electron chi connectivity index (χ3n) is 2.79. The summed E-state index contributed by atoms with van der Waals surface area (Å²) in [6, 6.07) is 8.39. The Hall–Kier alpha value is -2.11. The molecular weight excluding hydrogens is 301 g/mol. The van der Waals surface area contributed by atoms with Crippen LogP contribution in [0.4, 0.5) is 0 Å². The Morgan fingerprint density at radius 2 is 2.00 bits per heavy atom. The number of nitrogens with zero attached hydrogens (tertiary/aromatic N) is 3. The highest BCUT2D eigenvalue weighted by molar-refractivity contribution is 6.33. The van der Waals surface area contributed by atoms with Gasteiger partial charge in [-0.2, -0.15) is 0 Å². The Labute approximate surface area is 123 Å². The molecule has 1 aromatic carbocycles. The predicted molar refractivity (Wildman–Crippen MR) is 75.4 cm³/mol. The van der Waals surface area contributed by atoms with E-state index in [0.29, 0.717) is 16.5 Å². The van der Waals surface area contributed by atoms with Crippen molar-refractivity contribution >= 4 is 34.8 Å². The molecule has 0 atom stereocenters. The van der Waals surface area contributed by atoms with Crippen LogP contribution in [-0.2, 0) is 0 Å². The van der Waals surface area contributed by atoms with Crippen molar-refractivity contribution in [3.05, 3.63) is 52.1 Å². The summed E-state index contributed by atoms with van der Waals surface area (Å²) in [6.07, 6.45) is 1.43. The molecule has 0 saturated carbocycles. The average Bonchev–Trinajstić information content (AvgIpc) is 2.83. The maximum atomic E-state index is 11.1. The van der Waals surface area contributed by atoms with Crippen molar-refractivity contribution in [1.82, 2.24) is 14.6 Å². The third kappa shape index (κ3) is 2.11. The van der Waals surface area contributed by atoms with Crippen LogP contribution in [0.15, 0.2) is 36.5 Å². The van der Waals surface area contributed by atoms with Gasteiger partial charge in [0.15, 0.2) is 11.5 Å². The third-order valence-corrected chi connectivity index (χ3v) is 3.30. The quantitative estimate of drug-likeness (QED) is 0.788. The zero-order chi connectivity index (χ0) is 14.3. The van der Waals surface area contributed by atoms with Crippen LogP contribution in [0.1, 0.15) is 10.4 Å². The number of aromatic carboxylic acids is 1. The number of pyridine rings is 1. The molecule has 5 nitrogen and oxygen atoms in total. The van der Waals surface area contributed by atoms with Gasteiger partial charge in [-0.1, -0.05) is 35.3 Å². The molecule has 7 heteroatoms. The fourth-order valence-electron chi connectivity index (χ4n) is 1.90. The van der Waals surface area contributed by atoms with Crippen LogP contribution >= 0.6 is 23.2 Å². The van der Waals surface area contributed by atoms with Crippen LogP contribution in [0.2, 0.25) is 10.0 Å². The van der Waals surface area contributed by atoms with Gasteiger partial charge in [0, 0.05) is 16.8 Å². The maximum Gasteiger partial charge on any atom is 0.337 e. The number of benzene rings is 1. The van der Waals surface area contributed by atoms with Gasteiger partial charge in [0.1, 0.15) is 0 Å². The zero-order valence-corrected chi connectivity index (χ0v) is 11.4. The smallest absolute Gasteiger partial charge is 0.337 e. The fraction of sp³-hybridized carbons (Fsp3) is 0. The minimum atomic E-state index is -1.07. The summed E-state index contributed by atoms with van der Waals surface area (Å²) in [5.74, 6) is -0.591. The van der Waals surface area contributed by atoms with Gasteiger partial charge >= 0.3 is 5.97 Å². The average molecular weight is 308 g/mol. The van der Waals surface area contributed by atoms with Crippen molar-refractivity contribution in [3.8, 4) is 11.4 Å². The lowest BCUT2D eigenvalue weighted by Gasteiger charge is -2.03. The predicted octanol–water partition coefficient (Wildman–Crippen LogP) is 3.40. The summed E-state index contributed by atoms with van der Waals surface area (Å²) in [5.41, 5.74) is 1.18. The first-order chi connectivity index (χ1) is 9.56.